The number of hydrogen-bond acceptors (Lipinski definition) is 4. The summed E-state index contributed by atoms with van der Waals surface area (Å²) in [5.74, 6) is -0.308. The van der Waals surface area contributed by atoms with Crippen LogP contribution in [0.2, 0.25) is 0 Å². The molecular weight excluding hydrogens is 270 g/mol. The van der Waals surface area contributed by atoms with Gasteiger partial charge in [-0.25, -0.2) is 13.8 Å². The molecule has 2 N–H and O–H groups in total. The van der Waals surface area contributed by atoms with Crippen LogP contribution in [0.5, 0.6) is 0 Å². The molecule has 0 aliphatic carbocycles. The molecule has 2 heterocycles. The minimum absolute atomic E-state index is 0.0385. The molecule has 0 saturated carbocycles. The van der Waals surface area contributed by atoms with Crippen LogP contribution in [-0.4, -0.2) is 30.3 Å². The van der Waals surface area contributed by atoms with Crippen molar-refractivity contribution in [1.29, 1.82) is 0 Å². The molecule has 1 aromatic carbocycles. The van der Waals surface area contributed by atoms with Crippen molar-refractivity contribution in [1.82, 2.24) is 0 Å². The summed E-state index contributed by atoms with van der Waals surface area (Å²) in [5.41, 5.74) is 5.11. The Kier molecular flexibility index (Phi) is 3.22. The number of fused-ring (bicyclic) bond motifs is 1. The Bertz CT molecular complexity index is 525. The molecule has 1 saturated heterocycles. The highest BCUT2D eigenvalue weighted by atomic mass is 32.2. The van der Waals surface area contributed by atoms with E-state index in [2.05, 4.69) is 4.99 Å². The van der Waals surface area contributed by atoms with Crippen LogP contribution in [0.25, 0.3) is 0 Å². The predicted octanol–water partition coefficient (Wildman–Crippen LogP) is 2.07. The van der Waals surface area contributed by atoms with E-state index in [0.717, 1.165) is 0 Å². The molecular formula is C13H14F2N2OS. The lowest BCUT2D eigenvalue weighted by Crippen LogP contribution is -2.53. The van der Waals surface area contributed by atoms with E-state index in [1.165, 1.54) is 17.8 Å². The number of amidine groups is 1. The van der Waals surface area contributed by atoms with Gasteiger partial charge in [0, 0.05) is 17.2 Å². The normalized spacial score (nSPS) is 34.5. The molecule has 102 valence electrons. The van der Waals surface area contributed by atoms with E-state index in [1.807, 2.05) is 0 Å². The average molecular weight is 284 g/mol. The molecule has 3 nitrogen and oxygen atoms in total. The predicted molar refractivity (Wildman–Crippen MR) is 71.4 cm³/mol. The van der Waals surface area contributed by atoms with Gasteiger partial charge in [-0.05, 0) is 6.07 Å². The van der Waals surface area contributed by atoms with Gasteiger partial charge in [-0.1, -0.05) is 30.0 Å². The first-order chi connectivity index (χ1) is 9.13. The van der Waals surface area contributed by atoms with Crippen molar-refractivity contribution in [2.24, 2.45) is 16.6 Å². The molecule has 0 radical (unpaired) electrons. The third-order valence-electron chi connectivity index (χ3n) is 3.71. The molecule has 6 heteroatoms. The molecule has 2 unspecified atom stereocenters. The van der Waals surface area contributed by atoms with Gasteiger partial charge < -0.3 is 10.5 Å². The second kappa shape index (κ2) is 4.76. The Labute approximate surface area is 114 Å². The number of nitrogens with zero attached hydrogens (tertiary/aromatic N) is 1. The zero-order valence-corrected chi connectivity index (χ0v) is 11.0. The van der Waals surface area contributed by atoms with Crippen LogP contribution < -0.4 is 5.73 Å². The van der Waals surface area contributed by atoms with Crippen molar-refractivity contribution in [2.45, 2.75) is 11.7 Å². The van der Waals surface area contributed by atoms with Crippen molar-refractivity contribution < 1.29 is 13.5 Å². The fourth-order valence-corrected chi connectivity index (χ4v) is 3.82. The summed E-state index contributed by atoms with van der Waals surface area (Å²) >= 11 is 1.32. The number of aliphatic imine (C=N–C) groups is 1. The number of benzene rings is 1. The third kappa shape index (κ3) is 2.03. The van der Waals surface area contributed by atoms with Crippen LogP contribution in [0.4, 0.5) is 8.78 Å². The number of thioether (sulfide) groups is 1. The van der Waals surface area contributed by atoms with E-state index in [-0.39, 0.29) is 13.2 Å². The molecule has 0 aromatic heterocycles. The molecule has 19 heavy (non-hydrogen) atoms. The highest BCUT2D eigenvalue weighted by molar-refractivity contribution is 8.13. The molecule has 0 amide bonds. The van der Waals surface area contributed by atoms with Gasteiger partial charge in [-0.3, -0.25) is 0 Å². The maximum Gasteiger partial charge on any atom is 0.154 e. The van der Waals surface area contributed by atoms with Crippen LogP contribution >= 0.6 is 11.8 Å². The van der Waals surface area contributed by atoms with Gasteiger partial charge in [-0.2, -0.15) is 0 Å². The Balaban J connectivity index is 2.15. The van der Waals surface area contributed by atoms with Crippen molar-refractivity contribution in [3.05, 3.63) is 35.6 Å². The maximum absolute atomic E-state index is 14.1. The van der Waals surface area contributed by atoms with Gasteiger partial charge in [0.15, 0.2) is 5.17 Å². The summed E-state index contributed by atoms with van der Waals surface area (Å²) in [4.78, 5) is 4.37. The highest BCUT2D eigenvalue weighted by Crippen LogP contribution is 2.45. The van der Waals surface area contributed by atoms with Crippen LogP contribution in [0.1, 0.15) is 5.56 Å². The second-order valence-corrected chi connectivity index (χ2v) is 5.84. The molecule has 2 aliphatic rings. The van der Waals surface area contributed by atoms with Crippen LogP contribution in [0.15, 0.2) is 29.3 Å². The van der Waals surface area contributed by atoms with E-state index in [4.69, 9.17) is 10.5 Å². The largest absolute Gasteiger partial charge is 0.379 e. The summed E-state index contributed by atoms with van der Waals surface area (Å²) in [7, 11) is 0. The summed E-state index contributed by atoms with van der Waals surface area (Å²) in [5, 5.41) is 0.359. The molecule has 3 rings (SSSR count). The molecule has 2 aliphatic heterocycles. The molecule has 0 bridgehead atoms. The molecule has 3 atom stereocenters. The van der Waals surface area contributed by atoms with Crippen molar-refractivity contribution in [3.8, 4) is 0 Å². The third-order valence-corrected chi connectivity index (χ3v) is 4.62. The van der Waals surface area contributed by atoms with Gasteiger partial charge in [-0.15, -0.1) is 0 Å². The van der Waals surface area contributed by atoms with E-state index in [1.54, 1.807) is 18.2 Å². The Morgan fingerprint density at radius 3 is 3.00 bits per heavy atom. The van der Waals surface area contributed by atoms with Gasteiger partial charge in [0.25, 0.3) is 0 Å². The summed E-state index contributed by atoms with van der Waals surface area (Å²) in [6, 6.07) is 6.32. The monoisotopic (exact) mass is 284 g/mol. The second-order valence-electron chi connectivity index (χ2n) is 4.80. The number of halogens is 2. The Morgan fingerprint density at radius 1 is 1.42 bits per heavy atom. The van der Waals surface area contributed by atoms with Gasteiger partial charge in [0.2, 0.25) is 0 Å². The molecule has 1 fully saturated rings. The smallest absolute Gasteiger partial charge is 0.154 e. The van der Waals surface area contributed by atoms with Crippen LogP contribution in [0, 0.1) is 11.7 Å². The first-order valence-corrected chi connectivity index (χ1v) is 7.07. The van der Waals surface area contributed by atoms with Crippen molar-refractivity contribution in [3.63, 3.8) is 0 Å². The summed E-state index contributed by atoms with van der Waals surface area (Å²) in [6.45, 7) is 0.205. The fourth-order valence-electron chi connectivity index (χ4n) is 2.76. The summed E-state index contributed by atoms with van der Waals surface area (Å²) in [6.07, 6.45) is -1.15. The number of alkyl halides is 1. The standard InChI is InChI=1S/C13H14F2N2OS/c14-10-4-2-1-3-8(10)13-7-18-5-11(15)9(13)6-19-12(16)17-13/h1-4,9,11H,5-7H2,(H2,16,17)/t9?,11-,13?/m1/s1. The fraction of sp³-hybridized carbons (Fsp3) is 0.462. The SMILES string of the molecule is NC1=NC2(c3ccccc3F)COC[C@@H](F)C2CS1. The number of rotatable bonds is 1. The molecule has 0 spiro atoms. The minimum Gasteiger partial charge on any atom is -0.379 e. The molecule has 1 aromatic rings. The van der Waals surface area contributed by atoms with Crippen LogP contribution in [0.3, 0.4) is 0 Å². The summed E-state index contributed by atoms with van der Waals surface area (Å²) < 4.78 is 33.5. The number of nitrogens with two attached hydrogens (primary N) is 1. The first kappa shape index (κ1) is 12.9. The minimum atomic E-state index is -1.15. The maximum atomic E-state index is 14.1. The van der Waals surface area contributed by atoms with E-state index >= 15 is 0 Å². The lowest BCUT2D eigenvalue weighted by molar-refractivity contribution is -0.0526. The average Bonchev–Trinajstić information content (AvgIpc) is 2.39. The number of hydrogen-bond donors (Lipinski definition) is 1. The quantitative estimate of drug-likeness (QED) is 0.859. The van der Waals surface area contributed by atoms with Crippen LogP contribution in [-0.2, 0) is 10.3 Å². The van der Waals surface area contributed by atoms with E-state index < -0.39 is 23.4 Å². The Hall–Kier alpha value is -1.14. The topological polar surface area (TPSA) is 47.6 Å². The Morgan fingerprint density at radius 2 is 2.21 bits per heavy atom. The van der Waals surface area contributed by atoms with Gasteiger partial charge in [0.1, 0.15) is 17.5 Å². The first-order valence-electron chi connectivity index (χ1n) is 6.08. The van der Waals surface area contributed by atoms with Gasteiger partial charge in [0.05, 0.1) is 13.2 Å². The number of ether oxygens (including phenoxy) is 1. The lowest BCUT2D eigenvalue weighted by Gasteiger charge is -2.45. The zero-order chi connectivity index (χ0) is 13.5. The zero-order valence-electron chi connectivity index (χ0n) is 10.2. The van der Waals surface area contributed by atoms with Crippen molar-refractivity contribution in [2.75, 3.05) is 19.0 Å². The highest BCUT2D eigenvalue weighted by Gasteiger charge is 2.51. The lowest BCUT2D eigenvalue weighted by atomic mass is 9.75. The van der Waals surface area contributed by atoms with E-state index in [0.29, 0.717) is 16.5 Å². The van der Waals surface area contributed by atoms with E-state index in [9.17, 15) is 8.78 Å². The van der Waals surface area contributed by atoms with Gasteiger partial charge >= 0.3 is 0 Å². The van der Waals surface area contributed by atoms with Crippen molar-refractivity contribution >= 4 is 16.9 Å².